The molecule has 4 heteroatoms. The second-order valence-corrected chi connectivity index (χ2v) is 3.61. The summed E-state index contributed by atoms with van der Waals surface area (Å²) in [6.45, 7) is 0. The van der Waals surface area contributed by atoms with E-state index in [1.54, 1.807) is 12.4 Å². The molecule has 3 aromatic rings. The minimum atomic E-state index is 0.777. The van der Waals surface area contributed by atoms with E-state index >= 15 is 0 Å². The molecule has 0 aromatic carbocycles. The van der Waals surface area contributed by atoms with Crippen LogP contribution in [-0.2, 0) is 6.42 Å². The summed E-state index contributed by atoms with van der Waals surface area (Å²) >= 11 is 0. The second kappa shape index (κ2) is 3.73. The molecule has 0 aliphatic carbocycles. The molecule has 0 atom stereocenters. The Hall–Kier alpha value is -2.23. The van der Waals surface area contributed by atoms with E-state index in [0.717, 1.165) is 23.1 Å². The Morgan fingerprint density at radius 1 is 1.12 bits per heavy atom. The predicted molar refractivity (Wildman–Crippen MR) is 60.9 cm³/mol. The zero-order chi connectivity index (χ0) is 10.8. The Balaban J connectivity index is 2.01. The molecule has 0 fully saturated rings. The summed E-state index contributed by atoms with van der Waals surface area (Å²) in [7, 11) is 0. The van der Waals surface area contributed by atoms with Crippen molar-refractivity contribution < 1.29 is 0 Å². The van der Waals surface area contributed by atoms with Gasteiger partial charge in [0.25, 0.3) is 0 Å². The number of pyridine rings is 1. The van der Waals surface area contributed by atoms with Crippen molar-refractivity contribution in [2.24, 2.45) is 0 Å². The van der Waals surface area contributed by atoms with Gasteiger partial charge in [-0.3, -0.25) is 0 Å². The van der Waals surface area contributed by atoms with Crippen molar-refractivity contribution in [1.82, 2.24) is 20.2 Å². The summed E-state index contributed by atoms with van der Waals surface area (Å²) in [6, 6.07) is 7.87. The maximum atomic E-state index is 4.25. The normalized spacial score (nSPS) is 10.8. The van der Waals surface area contributed by atoms with Crippen LogP contribution in [-0.4, -0.2) is 20.2 Å². The summed E-state index contributed by atoms with van der Waals surface area (Å²) < 4.78 is 0. The lowest BCUT2D eigenvalue weighted by Crippen LogP contribution is -1.92. The van der Waals surface area contributed by atoms with Gasteiger partial charge in [0.05, 0.1) is 5.69 Å². The van der Waals surface area contributed by atoms with Gasteiger partial charge in [-0.25, -0.2) is 4.98 Å². The molecule has 0 aliphatic rings. The van der Waals surface area contributed by atoms with Gasteiger partial charge in [0.2, 0.25) is 0 Å². The van der Waals surface area contributed by atoms with Crippen molar-refractivity contribution >= 4 is 11.0 Å². The number of aromatic nitrogens is 4. The highest BCUT2D eigenvalue weighted by atomic mass is 15.1. The first-order valence-electron chi connectivity index (χ1n) is 5.11. The zero-order valence-corrected chi connectivity index (χ0v) is 8.59. The van der Waals surface area contributed by atoms with Crippen molar-refractivity contribution in [2.75, 3.05) is 0 Å². The maximum absolute atomic E-state index is 4.25. The quantitative estimate of drug-likeness (QED) is 0.703. The number of hydrogen-bond donors (Lipinski definition) is 1. The van der Waals surface area contributed by atoms with Gasteiger partial charge in [-0.2, -0.15) is 10.2 Å². The number of aromatic amines is 1. The van der Waals surface area contributed by atoms with Crippen molar-refractivity contribution in [3.8, 4) is 0 Å². The van der Waals surface area contributed by atoms with Crippen LogP contribution in [0.4, 0.5) is 0 Å². The summed E-state index contributed by atoms with van der Waals surface area (Å²) in [5.41, 5.74) is 3.08. The first-order valence-corrected chi connectivity index (χ1v) is 5.11. The van der Waals surface area contributed by atoms with Crippen molar-refractivity contribution in [3.05, 3.63) is 54.1 Å². The lowest BCUT2D eigenvalue weighted by molar-refractivity contribution is 0.939. The number of nitrogens with zero attached hydrogens (tertiary/aromatic N) is 3. The average Bonchev–Trinajstić information content (AvgIpc) is 2.74. The van der Waals surface area contributed by atoms with Gasteiger partial charge < -0.3 is 4.98 Å². The highest BCUT2D eigenvalue weighted by molar-refractivity contribution is 5.79. The molecule has 3 rings (SSSR count). The molecule has 0 saturated heterocycles. The van der Waals surface area contributed by atoms with E-state index < -0.39 is 0 Å². The number of fused-ring (bicyclic) bond motifs is 1. The van der Waals surface area contributed by atoms with E-state index in [1.807, 2.05) is 24.4 Å². The third-order valence-electron chi connectivity index (χ3n) is 2.54. The number of hydrogen-bond acceptors (Lipinski definition) is 3. The first kappa shape index (κ1) is 9.03. The Labute approximate surface area is 92.4 Å². The second-order valence-electron chi connectivity index (χ2n) is 3.61. The van der Waals surface area contributed by atoms with E-state index in [-0.39, 0.29) is 0 Å². The van der Waals surface area contributed by atoms with Crippen LogP contribution in [0.25, 0.3) is 11.0 Å². The fraction of sp³-hybridized carbons (Fsp3) is 0.0833. The molecule has 3 aromatic heterocycles. The SMILES string of the molecule is c1cnnc(Cc2c[nH]c3ncccc23)c1. The summed E-state index contributed by atoms with van der Waals surface area (Å²) in [5.74, 6) is 0. The number of nitrogens with one attached hydrogen (secondary N) is 1. The molecule has 4 nitrogen and oxygen atoms in total. The van der Waals surface area contributed by atoms with Crippen LogP contribution < -0.4 is 0 Å². The molecular formula is C12H10N4. The molecule has 0 bridgehead atoms. The Kier molecular flexibility index (Phi) is 2.11. The van der Waals surface area contributed by atoms with Gasteiger partial charge in [-0.05, 0) is 29.8 Å². The van der Waals surface area contributed by atoms with Crippen LogP contribution in [0.1, 0.15) is 11.3 Å². The van der Waals surface area contributed by atoms with Crippen molar-refractivity contribution in [2.45, 2.75) is 6.42 Å². The van der Waals surface area contributed by atoms with Crippen LogP contribution in [0, 0.1) is 0 Å². The molecule has 0 unspecified atom stereocenters. The molecule has 0 radical (unpaired) electrons. The van der Waals surface area contributed by atoms with Crippen LogP contribution in [0.2, 0.25) is 0 Å². The highest BCUT2D eigenvalue weighted by Crippen LogP contribution is 2.17. The molecule has 78 valence electrons. The molecule has 0 saturated carbocycles. The molecule has 0 aliphatic heterocycles. The van der Waals surface area contributed by atoms with E-state index in [0.29, 0.717) is 0 Å². The van der Waals surface area contributed by atoms with Crippen molar-refractivity contribution in [3.63, 3.8) is 0 Å². The Morgan fingerprint density at radius 3 is 2.94 bits per heavy atom. The fourth-order valence-corrected chi connectivity index (χ4v) is 1.78. The number of rotatable bonds is 2. The van der Waals surface area contributed by atoms with Crippen LogP contribution in [0.3, 0.4) is 0 Å². The number of H-pyrrole nitrogens is 1. The standard InChI is InChI=1S/C12H10N4/c1-3-10(16-15-6-1)7-9-8-14-12-11(9)4-2-5-13-12/h1-6,8H,7H2,(H,13,14). The maximum Gasteiger partial charge on any atom is 0.137 e. The topological polar surface area (TPSA) is 54.5 Å². The first-order chi connectivity index (χ1) is 7.93. The molecule has 0 spiro atoms. The minimum Gasteiger partial charge on any atom is -0.346 e. The van der Waals surface area contributed by atoms with Crippen molar-refractivity contribution in [1.29, 1.82) is 0 Å². The summed E-state index contributed by atoms with van der Waals surface area (Å²) in [6.07, 6.45) is 6.22. The lowest BCUT2D eigenvalue weighted by atomic mass is 10.1. The Morgan fingerprint density at radius 2 is 2.06 bits per heavy atom. The Bertz CT molecular complexity index is 600. The van der Waals surface area contributed by atoms with E-state index in [1.165, 1.54) is 5.56 Å². The zero-order valence-electron chi connectivity index (χ0n) is 8.59. The summed E-state index contributed by atoms with van der Waals surface area (Å²) in [5, 5.41) is 9.09. The molecule has 0 amide bonds. The summed E-state index contributed by atoms with van der Waals surface area (Å²) in [4.78, 5) is 7.40. The molecule has 3 heterocycles. The van der Waals surface area contributed by atoms with E-state index in [9.17, 15) is 0 Å². The third-order valence-corrected chi connectivity index (χ3v) is 2.54. The fourth-order valence-electron chi connectivity index (χ4n) is 1.78. The monoisotopic (exact) mass is 210 g/mol. The largest absolute Gasteiger partial charge is 0.346 e. The van der Waals surface area contributed by atoms with Gasteiger partial charge in [0.15, 0.2) is 0 Å². The smallest absolute Gasteiger partial charge is 0.137 e. The third kappa shape index (κ3) is 1.54. The van der Waals surface area contributed by atoms with Gasteiger partial charge in [-0.1, -0.05) is 0 Å². The molecular weight excluding hydrogens is 200 g/mol. The van der Waals surface area contributed by atoms with Gasteiger partial charge in [0, 0.05) is 30.4 Å². The molecule has 16 heavy (non-hydrogen) atoms. The van der Waals surface area contributed by atoms with Gasteiger partial charge >= 0.3 is 0 Å². The highest BCUT2D eigenvalue weighted by Gasteiger charge is 2.05. The predicted octanol–water partition coefficient (Wildman–Crippen LogP) is 1.94. The van der Waals surface area contributed by atoms with E-state index in [4.69, 9.17) is 0 Å². The van der Waals surface area contributed by atoms with Gasteiger partial charge in [-0.15, -0.1) is 0 Å². The van der Waals surface area contributed by atoms with Crippen LogP contribution in [0.15, 0.2) is 42.9 Å². The lowest BCUT2D eigenvalue weighted by Gasteiger charge is -1.97. The average molecular weight is 210 g/mol. The minimum absolute atomic E-state index is 0.777. The molecule has 1 N–H and O–H groups in total. The van der Waals surface area contributed by atoms with Crippen LogP contribution in [0.5, 0.6) is 0 Å². The van der Waals surface area contributed by atoms with E-state index in [2.05, 4.69) is 26.2 Å². The van der Waals surface area contributed by atoms with Gasteiger partial charge in [0.1, 0.15) is 5.65 Å². The van der Waals surface area contributed by atoms with Crippen LogP contribution >= 0.6 is 0 Å².